The predicted octanol–water partition coefficient (Wildman–Crippen LogP) is 6.09. The molecule has 0 unspecified atom stereocenters. The van der Waals surface area contributed by atoms with Crippen molar-refractivity contribution in [2.75, 3.05) is 6.61 Å². The quantitative estimate of drug-likeness (QED) is 0.445. The van der Waals surface area contributed by atoms with Crippen LogP contribution in [0.4, 0.5) is 0 Å². The lowest BCUT2D eigenvalue weighted by Gasteiger charge is -2.11. The molecular formula is C23H22ClNO3. The SMILES string of the molecule is O=C(O)CCCCCOc1cc(-c2cccc(Cl)c2)cc(-c2ccccc2)n1. The molecule has 0 saturated heterocycles. The number of hydrogen-bond donors (Lipinski definition) is 1. The van der Waals surface area contributed by atoms with Gasteiger partial charge in [-0.3, -0.25) is 4.79 Å². The fourth-order valence-electron chi connectivity index (χ4n) is 2.90. The van der Waals surface area contributed by atoms with Gasteiger partial charge in [-0.2, -0.15) is 0 Å². The molecule has 1 aromatic heterocycles. The zero-order valence-corrected chi connectivity index (χ0v) is 16.2. The number of hydrogen-bond acceptors (Lipinski definition) is 3. The van der Waals surface area contributed by atoms with Crippen LogP contribution in [-0.4, -0.2) is 22.7 Å². The van der Waals surface area contributed by atoms with Crippen LogP contribution >= 0.6 is 11.6 Å². The van der Waals surface area contributed by atoms with Gasteiger partial charge in [-0.05, 0) is 48.6 Å². The van der Waals surface area contributed by atoms with E-state index in [4.69, 9.17) is 21.4 Å². The van der Waals surface area contributed by atoms with Crippen molar-refractivity contribution in [3.63, 3.8) is 0 Å². The Labute approximate surface area is 169 Å². The van der Waals surface area contributed by atoms with E-state index in [0.29, 0.717) is 23.9 Å². The van der Waals surface area contributed by atoms with Crippen LogP contribution in [-0.2, 0) is 4.79 Å². The van der Waals surface area contributed by atoms with Crippen molar-refractivity contribution in [1.82, 2.24) is 4.98 Å². The summed E-state index contributed by atoms with van der Waals surface area (Å²) in [5.74, 6) is -0.209. The maximum Gasteiger partial charge on any atom is 0.303 e. The van der Waals surface area contributed by atoms with Gasteiger partial charge in [0.15, 0.2) is 0 Å². The molecule has 2 aromatic carbocycles. The number of halogens is 1. The molecule has 0 bridgehead atoms. The average molecular weight is 396 g/mol. The van der Waals surface area contributed by atoms with Crippen LogP contribution in [0.3, 0.4) is 0 Å². The van der Waals surface area contributed by atoms with E-state index in [-0.39, 0.29) is 6.42 Å². The van der Waals surface area contributed by atoms with E-state index in [0.717, 1.165) is 35.2 Å². The Balaban J connectivity index is 1.79. The summed E-state index contributed by atoms with van der Waals surface area (Å²) in [4.78, 5) is 15.2. The largest absolute Gasteiger partial charge is 0.481 e. The third-order valence-corrected chi connectivity index (χ3v) is 4.55. The van der Waals surface area contributed by atoms with Gasteiger partial charge >= 0.3 is 5.97 Å². The number of pyridine rings is 1. The summed E-state index contributed by atoms with van der Waals surface area (Å²) in [5, 5.41) is 9.37. The van der Waals surface area contributed by atoms with Gasteiger partial charge in [0.25, 0.3) is 0 Å². The Morgan fingerprint density at radius 2 is 1.68 bits per heavy atom. The van der Waals surface area contributed by atoms with E-state index >= 15 is 0 Å². The second-order valence-electron chi connectivity index (χ2n) is 6.51. The summed E-state index contributed by atoms with van der Waals surface area (Å²) < 4.78 is 5.88. The summed E-state index contributed by atoms with van der Waals surface area (Å²) in [6.45, 7) is 0.500. The molecule has 0 atom stereocenters. The molecule has 0 fully saturated rings. The highest BCUT2D eigenvalue weighted by Gasteiger charge is 2.08. The van der Waals surface area contributed by atoms with Gasteiger partial charge in [0.2, 0.25) is 5.88 Å². The van der Waals surface area contributed by atoms with Crippen LogP contribution < -0.4 is 4.74 Å². The summed E-state index contributed by atoms with van der Waals surface area (Å²) in [6, 6.07) is 21.6. The molecule has 3 aromatic rings. The number of aromatic nitrogens is 1. The number of ether oxygens (including phenoxy) is 1. The molecular weight excluding hydrogens is 374 g/mol. The summed E-state index contributed by atoms with van der Waals surface area (Å²) in [7, 11) is 0. The van der Waals surface area contributed by atoms with Crippen LogP contribution in [0.25, 0.3) is 22.4 Å². The first kappa shape index (κ1) is 19.9. The second kappa shape index (κ2) is 9.90. The van der Waals surface area contributed by atoms with Crippen molar-refractivity contribution in [3.05, 3.63) is 71.8 Å². The Morgan fingerprint density at radius 3 is 2.43 bits per heavy atom. The normalized spacial score (nSPS) is 10.6. The molecule has 0 spiro atoms. The molecule has 1 heterocycles. The third-order valence-electron chi connectivity index (χ3n) is 4.31. The van der Waals surface area contributed by atoms with E-state index < -0.39 is 5.97 Å². The first-order chi connectivity index (χ1) is 13.6. The second-order valence-corrected chi connectivity index (χ2v) is 6.94. The first-order valence-electron chi connectivity index (χ1n) is 9.30. The number of nitrogens with zero attached hydrogens (tertiary/aromatic N) is 1. The summed E-state index contributed by atoms with van der Waals surface area (Å²) >= 11 is 6.16. The molecule has 1 N–H and O–H groups in total. The molecule has 144 valence electrons. The monoisotopic (exact) mass is 395 g/mol. The minimum Gasteiger partial charge on any atom is -0.481 e. The third kappa shape index (κ3) is 5.83. The molecule has 0 aliphatic rings. The molecule has 0 aliphatic heterocycles. The van der Waals surface area contributed by atoms with E-state index in [1.807, 2.05) is 66.7 Å². The standard InChI is InChI=1S/C23H22ClNO3/c24-20-11-7-10-18(14-20)19-15-21(17-8-3-1-4-9-17)25-22(16-19)28-13-6-2-5-12-23(26)27/h1,3-4,7-11,14-16H,2,5-6,12-13H2,(H,26,27). The maximum absolute atomic E-state index is 10.6. The predicted molar refractivity (Wildman–Crippen MR) is 112 cm³/mol. The zero-order chi connectivity index (χ0) is 19.8. The lowest BCUT2D eigenvalue weighted by atomic mass is 10.0. The van der Waals surface area contributed by atoms with E-state index in [1.54, 1.807) is 0 Å². The number of carbonyl (C=O) groups is 1. The Kier molecular flexibility index (Phi) is 7.04. The smallest absolute Gasteiger partial charge is 0.303 e. The number of unbranched alkanes of at least 4 members (excludes halogenated alkanes) is 2. The molecule has 0 saturated carbocycles. The summed E-state index contributed by atoms with van der Waals surface area (Å²) in [6.07, 6.45) is 2.45. The van der Waals surface area contributed by atoms with Crippen LogP contribution in [0.15, 0.2) is 66.7 Å². The van der Waals surface area contributed by atoms with Crippen molar-refractivity contribution >= 4 is 17.6 Å². The van der Waals surface area contributed by atoms with Crippen molar-refractivity contribution in [2.45, 2.75) is 25.7 Å². The van der Waals surface area contributed by atoms with Gasteiger partial charge in [-0.15, -0.1) is 0 Å². The molecule has 4 nitrogen and oxygen atoms in total. The Bertz CT molecular complexity index is 928. The molecule has 3 rings (SSSR count). The summed E-state index contributed by atoms with van der Waals surface area (Å²) in [5.41, 5.74) is 3.83. The van der Waals surface area contributed by atoms with Gasteiger partial charge < -0.3 is 9.84 Å². The highest BCUT2D eigenvalue weighted by Crippen LogP contribution is 2.30. The van der Waals surface area contributed by atoms with E-state index in [2.05, 4.69) is 4.98 Å². The Hall–Kier alpha value is -2.85. The average Bonchev–Trinajstić information content (AvgIpc) is 2.71. The van der Waals surface area contributed by atoms with E-state index in [1.165, 1.54) is 0 Å². The topological polar surface area (TPSA) is 59.4 Å². The van der Waals surface area contributed by atoms with Gasteiger partial charge in [-0.1, -0.05) is 54.1 Å². The fourth-order valence-corrected chi connectivity index (χ4v) is 3.09. The lowest BCUT2D eigenvalue weighted by molar-refractivity contribution is -0.137. The van der Waals surface area contributed by atoms with Gasteiger partial charge in [0.1, 0.15) is 0 Å². The lowest BCUT2D eigenvalue weighted by Crippen LogP contribution is -2.01. The van der Waals surface area contributed by atoms with Crippen LogP contribution in [0, 0.1) is 0 Å². The molecule has 28 heavy (non-hydrogen) atoms. The maximum atomic E-state index is 10.6. The fraction of sp³-hybridized carbons (Fsp3) is 0.217. The van der Waals surface area contributed by atoms with Crippen molar-refractivity contribution in [1.29, 1.82) is 0 Å². The Morgan fingerprint density at radius 1 is 0.893 bits per heavy atom. The van der Waals surface area contributed by atoms with E-state index in [9.17, 15) is 4.79 Å². The molecule has 0 amide bonds. The minimum atomic E-state index is -0.760. The number of benzene rings is 2. The van der Waals surface area contributed by atoms with Crippen LogP contribution in [0.5, 0.6) is 5.88 Å². The number of carboxylic acids is 1. The molecule has 5 heteroatoms. The van der Waals surface area contributed by atoms with Crippen LogP contribution in [0.2, 0.25) is 5.02 Å². The number of rotatable bonds is 9. The molecule has 0 aliphatic carbocycles. The van der Waals surface area contributed by atoms with Crippen molar-refractivity contribution < 1.29 is 14.6 Å². The first-order valence-corrected chi connectivity index (χ1v) is 9.67. The van der Waals surface area contributed by atoms with Crippen LogP contribution in [0.1, 0.15) is 25.7 Å². The zero-order valence-electron chi connectivity index (χ0n) is 15.5. The molecule has 0 radical (unpaired) electrons. The van der Waals surface area contributed by atoms with Gasteiger partial charge in [0, 0.05) is 23.1 Å². The highest BCUT2D eigenvalue weighted by atomic mass is 35.5. The van der Waals surface area contributed by atoms with Gasteiger partial charge in [-0.25, -0.2) is 4.98 Å². The number of aliphatic carboxylic acids is 1. The highest BCUT2D eigenvalue weighted by molar-refractivity contribution is 6.30. The van der Waals surface area contributed by atoms with Crippen molar-refractivity contribution in [2.24, 2.45) is 0 Å². The van der Waals surface area contributed by atoms with Crippen molar-refractivity contribution in [3.8, 4) is 28.3 Å². The number of carboxylic acid groups (broad SMARTS) is 1. The van der Waals surface area contributed by atoms with Gasteiger partial charge in [0.05, 0.1) is 12.3 Å². The minimum absolute atomic E-state index is 0.195.